The third-order valence-electron chi connectivity index (χ3n) is 3.61. The van der Waals surface area contributed by atoms with Crippen LogP contribution < -0.4 is 21.4 Å². The fraction of sp³-hybridized carbons (Fsp3) is 0.375. The van der Waals surface area contributed by atoms with E-state index in [0.717, 1.165) is 44.5 Å². The molecule has 0 unspecified atom stereocenters. The number of piperidine rings is 1. The Morgan fingerprint density at radius 2 is 1.81 bits per heavy atom. The van der Waals surface area contributed by atoms with E-state index in [1.807, 2.05) is 0 Å². The second-order valence-electron chi connectivity index (χ2n) is 5.67. The summed E-state index contributed by atoms with van der Waals surface area (Å²) in [6, 6.07) is 3.99. The van der Waals surface area contributed by atoms with Gasteiger partial charge >= 0.3 is 18.4 Å². The molecule has 0 spiro atoms. The first-order valence-corrected chi connectivity index (χ1v) is 8.10. The molecule has 4 N–H and O–H groups in total. The summed E-state index contributed by atoms with van der Waals surface area (Å²) >= 11 is 0. The predicted molar refractivity (Wildman–Crippen MR) is 92.0 cm³/mol. The van der Waals surface area contributed by atoms with Crippen molar-refractivity contribution in [2.75, 3.05) is 13.1 Å². The van der Waals surface area contributed by atoms with Crippen LogP contribution >= 0.6 is 0 Å². The maximum absolute atomic E-state index is 12.2. The van der Waals surface area contributed by atoms with Crippen molar-refractivity contribution in [3.63, 3.8) is 0 Å². The number of hydrazine groups is 1. The molecule has 0 aromatic heterocycles. The molecule has 27 heavy (non-hydrogen) atoms. The molecule has 11 heteroatoms. The van der Waals surface area contributed by atoms with Gasteiger partial charge in [0.1, 0.15) is 5.75 Å². The van der Waals surface area contributed by atoms with Crippen molar-refractivity contribution in [3.8, 4) is 5.75 Å². The number of carbonyl (C=O) groups excluding carboxylic acids is 1. The van der Waals surface area contributed by atoms with Crippen molar-refractivity contribution in [3.05, 3.63) is 36.4 Å². The minimum Gasteiger partial charge on any atom is -0.406 e. The van der Waals surface area contributed by atoms with E-state index >= 15 is 0 Å². The number of amidine groups is 1. The van der Waals surface area contributed by atoms with Crippen molar-refractivity contribution < 1.29 is 27.5 Å². The number of nitrogens with two attached hydrogens (primary N) is 1. The van der Waals surface area contributed by atoms with Crippen LogP contribution in [0.5, 0.6) is 5.75 Å². The van der Waals surface area contributed by atoms with Gasteiger partial charge in [-0.1, -0.05) is 13.0 Å². The average Bonchev–Trinajstić information content (AvgIpc) is 2.61. The van der Waals surface area contributed by atoms with E-state index in [-0.39, 0.29) is 17.5 Å². The van der Waals surface area contributed by atoms with Gasteiger partial charge in [-0.2, -0.15) is 10.9 Å². The number of benzene rings is 1. The number of nitrogens with zero attached hydrogens (tertiary/aromatic N) is 2. The number of ether oxygens (including phenoxy) is 1. The molecule has 1 aromatic carbocycles. The SMILES string of the molecule is C=C(N=C(NC(=O)NN1CCCCC1)ON)c1ccc(OC(F)(F)F)cc1. The summed E-state index contributed by atoms with van der Waals surface area (Å²) in [5.41, 5.74) is 3.14. The molecular weight excluding hydrogens is 367 g/mol. The number of alkyl halides is 3. The molecule has 0 bridgehead atoms. The van der Waals surface area contributed by atoms with E-state index in [1.54, 1.807) is 5.01 Å². The Labute approximate surface area is 153 Å². The number of nitrogens with one attached hydrogen (secondary N) is 2. The Kier molecular flexibility index (Phi) is 7.02. The van der Waals surface area contributed by atoms with E-state index in [9.17, 15) is 18.0 Å². The predicted octanol–water partition coefficient (Wildman–Crippen LogP) is 2.50. The van der Waals surface area contributed by atoms with E-state index in [1.165, 1.54) is 12.1 Å². The van der Waals surface area contributed by atoms with Crippen LogP contribution in [-0.2, 0) is 4.84 Å². The Morgan fingerprint density at radius 3 is 2.37 bits per heavy atom. The van der Waals surface area contributed by atoms with Crippen LogP contribution in [0.25, 0.3) is 5.70 Å². The highest BCUT2D eigenvalue weighted by Crippen LogP contribution is 2.24. The van der Waals surface area contributed by atoms with E-state index in [4.69, 9.17) is 5.90 Å². The van der Waals surface area contributed by atoms with Gasteiger partial charge in [-0.25, -0.2) is 9.80 Å². The third-order valence-corrected chi connectivity index (χ3v) is 3.61. The van der Waals surface area contributed by atoms with E-state index in [0.29, 0.717) is 5.56 Å². The lowest BCUT2D eigenvalue weighted by atomic mass is 10.2. The largest absolute Gasteiger partial charge is 0.573 e. The van der Waals surface area contributed by atoms with E-state index in [2.05, 4.69) is 31.9 Å². The van der Waals surface area contributed by atoms with Crippen molar-refractivity contribution in [2.45, 2.75) is 25.6 Å². The number of hydrogen-bond donors (Lipinski definition) is 3. The monoisotopic (exact) mass is 387 g/mol. The van der Waals surface area contributed by atoms with Gasteiger partial charge in [-0.3, -0.25) is 10.7 Å². The van der Waals surface area contributed by atoms with E-state index < -0.39 is 12.4 Å². The van der Waals surface area contributed by atoms with Crippen molar-refractivity contribution in [1.82, 2.24) is 15.8 Å². The summed E-state index contributed by atoms with van der Waals surface area (Å²) in [5, 5.41) is 4.10. The second-order valence-corrected chi connectivity index (χ2v) is 5.67. The molecule has 2 rings (SSSR count). The van der Waals surface area contributed by atoms with Crippen LogP contribution in [0.1, 0.15) is 24.8 Å². The van der Waals surface area contributed by atoms with Crippen LogP contribution in [0, 0.1) is 0 Å². The maximum Gasteiger partial charge on any atom is 0.573 e. The van der Waals surface area contributed by atoms with Crippen LogP contribution in [0.2, 0.25) is 0 Å². The maximum atomic E-state index is 12.2. The molecule has 1 aromatic rings. The standard InChI is InChI=1S/C16H20F3N5O3/c1-11(12-5-7-13(8-6-12)26-16(17,18)19)21-15(27-20)22-14(25)23-24-9-3-2-4-10-24/h5-8H,1-4,9-10,20H2,(H2,21,22,23,25). The van der Waals surface area contributed by atoms with Crippen molar-refractivity contribution in [1.29, 1.82) is 0 Å². The normalized spacial score (nSPS) is 15.8. The first-order valence-electron chi connectivity index (χ1n) is 8.10. The number of halogens is 3. The van der Waals surface area contributed by atoms with Gasteiger partial charge in [-0.05, 0) is 42.7 Å². The lowest BCUT2D eigenvalue weighted by molar-refractivity contribution is -0.274. The molecule has 0 radical (unpaired) electrons. The van der Waals surface area contributed by atoms with Crippen molar-refractivity contribution in [2.24, 2.45) is 10.9 Å². The Bertz CT molecular complexity index is 686. The molecule has 148 valence electrons. The number of amides is 2. The second kappa shape index (κ2) is 9.24. The molecule has 1 fully saturated rings. The molecule has 1 heterocycles. The van der Waals surface area contributed by atoms with Gasteiger partial charge in [0.25, 0.3) is 0 Å². The number of hydrogen-bond acceptors (Lipinski definition) is 6. The zero-order valence-electron chi connectivity index (χ0n) is 14.4. The minimum atomic E-state index is -4.77. The zero-order chi connectivity index (χ0) is 19.9. The van der Waals surface area contributed by atoms with Crippen LogP contribution in [-0.4, -0.2) is 36.5 Å². The summed E-state index contributed by atoms with van der Waals surface area (Å²) in [6.07, 6.45) is -1.69. The fourth-order valence-corrected chi connectivity index (χ4v) is 2.39. The summed E-state index contributed by atoms with van der Waals surface area (Å²) in [5.74, 6) is 4.72. The molecular formula is C16H20F3N5O3. The highest BCUT2D eigenvalue weighted by Gasteiger charge is 2.31. The topological polar surface area (TPSA) is 101 Å². The van der Waals surface area contributed by atoms with Gasteiger partial charge in [0.05, 0.1) is 5.70 Å². The number of rotatable bonds is 4. The van der Waals surface area contributed by atoms with Crippen LogP contribution in [0.4, 0.5) is 18.0 Å². The molecule has 0 atom stereocenters. The minimum absolute atomic E-state index is 0.118. The Hall–Kier alpha value is -2.79. The molecule has 8 nitrogen and oxygen atoms in total. The van der Waals surface area contributed by atoms with Gasteiger partial charge in [0.2, 0.25) is 0 Å². The molecule has 1 aliphatic rings. The van der Waals surface area contributed by atoms with Crippen LogP contribution in [0.3, 0.4) is 0 Å². The Morgan fingerprint density at radius 1 is 1.19 bits per heavy atom. The molecule has 0 aliphatic carbocycles. The zero-order valence-corrected chi connectivity index (χ0v) is 14.4. The smallest absolute Gasteiger partial charge is 0.406 e. The summed E-state index contributed by atoms with van der Waals surface area (Å²) in [6.45, 7) is 5.15. The summed E-state index contributed by atoms with van der Waals surface area (Å²) in [4.78, 5) is 20.4. The molecule has 1 aliphatic heterocycles. The first kappa shape index (κ1) is 20.5. The number of aliphatic imine (C=N–C) groups is 1. The Balaban J connectivity index is 1.95. The summed E-state index contributed by atoms with van der Waals surface area (Å²) < 4.78 is 40.3. The van der Waals surface area contributed by atoms with Gasteiger partial charge < -0.3 is 9.57 Å². The van der Waals surface area contributed by atoms with Gasteiger partial charge in [-0.15, -0.1) is 13.2 Å². The quantitative estimate of drug-likeness (QED) is 0.419. The molecule has 0 saturated carbocycles. The van der Waals surface area contributed by atoms with Crippen molar-refractivity contribution >= 4 is 17.7 Å². The highest BCUT2D eigenvalue weighted by molar-refractivity contribution is 5.95. The number of urea groups is 1. The van der Waals surface area contributed by atoms with Gasteiger partial charge in [0.15, 0.2) is 0 Å². The lowest BCUT2D eigenvalue weighted by Crippen LogP contribution is -2.51. The van der Waals surface area contributed by atoms with Crippen LogP contribution in [0.15, 0.2) is 35.8 Å². The molecule has 2 amide bonds. The third kappa shape index (κ3) is 7.15. The number of carbonyl (C=O) groups is 1. The van der Waals surface area contributed by atoms with Gasteiger partial charge in [0, 0.05) is 13.1 Å². The first-order chi connectivity index (χ1) is 12.8. The lowest BCUT2D eigenvalue weighted by Gasteiger charge is -2.26. The average molecular weight is 387 g/mol. The highest BCUT2D eigenvalue weighted by atomic mass is 19.4. The summed E-state index contributed by atoms with van der Waals surface area (Å²) in [7, 11) is 0. The fourth-order valence-electron chi connectivity index (χ4n) is 2.39. The molecule has 1 saturated heterocycles.